The van der Waals surface area contributed by atoms with Crippen molar-refractivity contribution in [3.8, 4) is 0 Å². The molecule has 4 nitrogen and oxygen atoms in total. The standard InChI is InChI=1S/C8H12N2O2S/c11-7-4-10(8(12)3-9-7)6-1-2-13-5-6/h6H,1-5H2,(H,9,11). The summed E-state index contributed by atoms with van der Waals surface area (Å²) < 4.78 is 0. The van der Waals surface area contributed by atoms with Crippen molar-refractivity contribution in [1.82, 2.24) is 10.2 Å². The molecule has 5 heteroatoms. The van der Waals surface area contributed by atoms with E-state index in [1.807, 2.05) is 11.8 Å². The number of nitrogens with zero attached hydrogens (tertiary/aromatic N) is 1. The molecular formula is C8H12N2O2S. The van der Waals surface area contributed by atoms with Gasteiger partial charge < -0.3 is 10.2 Å². The number of nitrogens with one attached hydrogen (secondary N) is 1. The molecule has 0 aromatic carbocycles. The molecule has 2 rings (SSSR count). The van der Waals surface area contributed by atoms with E-state index in [9.17, 15) is 9.59 Å². The fraction of sp³-hybridized carbons (Fsp3) is 0.750. The summed E-state index contributed by atoms with van der Waals surface area (Å²) in [5.41, 5.74) is 0. The van der Waals surface area contributed by atoms with E-state index < -0.39 is 0 Å². The van der Waals surface area contributed by atoms with E-state index in [4.69, 9.17) is 0 Å². The molecule has 0 saturated carbocycles. The zero-order valence-electron chi connectivity index (χ0n) is 7.28. The first-order valence-corrected chi connectivity index (χ1v) is 5.57. The minimum absolute atomic E-state index is 0.0310. The maximum absolute atomic E-state index is 11.4. The van der Waals surface area contributed by atoms with Crippen LogP contribution in [0.2, 0.25) is 0 Å². The molecule has 2 fully saturated rings. The van der Waals surface area contributed by atoms with Gasteiger partial charge in [0, 0.05) is 11.8 Å². The Morgan fingerprint density at radius 2 is 2.31 bits per heavy atom. The van der Waals surface area contributed by atoms with Crippen molar-refractivity contribution >= 4 is 23.6 Å². The van der Waals surface area contributed by atoms with E-state index in [0.717, 1.165) is 17.9 Å². The highest BCUT2D eigenvalue weighted by Crippen LogP contribution is 2.22. The molecule has 0 aromatic heterocycles. The molecule has 1 atom stereocenters. The molecule has 2 amide bonds. The summed E-state index contributed by atoms with van der Waals surface area (Å²) in [6, 6.07) is 0.295. The number of carbonyl (C=O) groups is 2. The molecule has 2 heterocycles. The van der Waals surface area contributed by atoms with Gasteiger partial charge in [0.05, 0.1) is 13.1 Å². The third-order valence-electron chi connectivity index (χ3n) is 2.42. The highest BCUT2D eigenvalue weighted by atomic mass is 32.2. The van der Waals surface area contributed by atoms with E-state index in [1.165, 1.54) is 0 Å². The third-order valence-corrected chi connectivity index (χ3v) is 3.56. The Morgan fingerprint density at radius 1 is 1.46 bits per heavy atom. The fourth-order valence-corrected chi connectivity index (χ4v) is 2.90. The predicted octanol–water partition coefficient (Wildman–Crippen LogP) is -0.550. The smallest absolute Gasteiger partial charge is 0.242 e. The van der Waals surface area contributed by atoms with Crippen molar-refractivity contribution in [2.24, 2.45) is 0 Å². The molecule has 2 saturated heterocycles. The number of piperazine rings is 1. The second kappa shape index (κ2) is 3.57. The van der Waals surface area contributed by atoms with Crippen LogP contribution >= 0.6 is 11.8 Å². The van der Waals surface area contributed by atoms with E-state index in [-0.39, 0.29) is 24.9 Å². The summed E-state index contributed by atoms with van der Waals surface area (Å²) in [6.07, 6.45) is 1.03. The van der Waals surface area contributed by atoms with Crippen LogP contribution in [0.15, 0.2) is 0 Å². The van der Waals surface area contributed by atoms with Gasteiger partial charge >= 0.3 is 0 Å². The van der Waals surface area contributed by atoms with Crippen LogP contribution in [0.1, 0.15) is 6.42 Å². The van der Waals surface area contributed by atoms with Gasteiger partial charge in [-0.25, -0.2) is 0 Å². The summed E-state index contributed by atoms with van der Waals surface area (Å²) in [7, 11) is 0. The highest BCUT2D eigenvalue weighted by Gasteiger charge is 2.31. The molecule has 1 N–H and O–H groups in total. The number of thioether (sulfide) groups is 1. The molecule has 1 unspecified atom stereocenters. The molecule has 0 spiro atoms. The average Bonchev–Trinajstić information content (AvgIpc) is 2.61. The summed E-state index contributed by atoms with van der Waals surface area (Å²) >= 11 is 1.85. The molecule has 0 bridgehead atoms. The number of hydrogen-bond acceptors (Lipinski definition) is 3. The van der Waals surface area contributed by atoms with Gasteiger partial charge in [0.15, 0.2) is 0 Å². The van der Waals surface area contributed by atoms with Gasteiger partial charge in [0.25, 0.3) is 0 Å². The van der Waals surface area contributed by atoms with Crippen LogP contribution in [0.3, 0.4) is 0 Å². The maximum atomic E-state index is 11.4. The van der Waals surface area contributed by atoms with Gasteiger partial charge in [-0.3, -0.25) is 9.59 Å². The van der Waals surface area contributed by atoms with Crippen molar-refractivity contribution in [3.63, 3.8) is 0 Å². The zero-order chi connectivity index (χ0) is 9.26. The quantitative estimate of drug-likeness (QED) is 0.618. The van der Waals surface area contributed by atoms with Crippen molar-refractivity contribution in [2.45, 2.75) is 12.5 Å². The van der Waals surface area contributed by atoms with Crippen LogP contribution in [0.5, 0.6) is 0 Å². The Hall–Kier alpha value is -0.710. The number of rotatable bonds is 1. The highest BCUT2D eigenvalue weighted by molar-refractivity contribution is 7.99. The molecule has 13 heavy (non-hydrogen) atoms. The topological polar surface area (TPSA) is 49.4 Å². The number of amides is 2. The minimum atomic E-state index is -0.0310. The number of hydrogen-bond donors (Lipinski definition) is 1. The lowest BCUT2D eigenvalue weighted by molar-refractivity contribution is -0.142. The summed E-state index contributed by atoms with van der Waals surface area (Å²) in [6.45, 7) is 0.435. The Morgan fingerprint density at radius 3 is 3.00 bits per heavy atom. The lowest BCUT2D eigenvalue weighted by Crippen LogP contribution is -2.55. The van der Waals surface area contributed by atoms with Gasteiger partial charge in [0.2, 0.25) is 11.8 Å². The second-order valence-corrected chi connectivity index (χ2v) is 4.47. The molecule has 0 radical (unpaired) electrons. The first-order chi connectivity index (χ1) is 6.27. The van der Waals surface area contributed by atoms with Crippen molar-refractivity contribution in [1.29, 1.82) is 0 Å². The summed E-state index contributed by atoms with van der Waals surface area (Å²) in [5, 5.41) is 2.55. The van der Waals surface area contributed by atoms with E-state index in [1.54, 1.807) is 4.90 Å². The Bertz CT molecular complexity index is 238. The van der Waals surface area contributed by atoms with Crippen molar-refractivity contribution < 1.29 is 9.59 Å². The van der Waals surface area contributed by atoms with Crippen LogP contribution in [-0.4, -0.2) is 47.4 Å². The van der Waals surface area contributed by atoms with Gasteiger partial charge in [-0.05, 0) is 12.2 Å². The van der Waals surface area contributed by atoms with Crippen LogP contribution in [0, 0.1) is 0 Å². The van der Waals surface area contributed by atoms with Crippen molar-refractivity contribution in [3.05, 3.63) is 0 Å². The van der Waals surface area contributed by atoms with Gasteiger partial charge in [-0.1, -0.05) is 0 Å². The Balaban J connectivity index is 2.02. The first kappa shape index (κ1) is 8.87. The van der Waals surface area contributed by atoms with Crippen LogP contribution in [0.4, 0.5) is 0 Å². The summed E-state index contributed by atoms with van der Waals surface area (Å²) in [4.78, 5) is 24.2. The Labute approximate surface area is 81.0 Å². The second-order valence-electron chi connectivity index (χ2n) is 3.32. The molecule has 2 aliphatic rings. The fourth-order valence-electron chi connectivity index (χ4n) is 1.68. The van der Waals surface area contributed by atoms with E-state index in [0.29, 0.717) is 6.04 Å². The molecule has 0 aromatic rings. The Kier molecular flexibility index (Phi) is 2.44. The van der Waals surface area contributed by atoms with Crippen molar-refractivity contribution in [2.75, 3.05) is 24.6 Å². The average molecular weight is 200 g/mol. The summed E-state index contributed by atoms with van der Waals surface area (Å²) in [5.74, 6) is 2.12. The first-order valence-electron chi connectivity index (χ1n) is 4.41. The largest absolute Gasteiger partial charge is 0.345 e. The van der Waals surface area contributed by atoms with E-state index in [2.05, 4.69) is 5.32 Å². The van der Waals surface area contributed by atoms with Crippen LogP contribution < -0.4 is 5.32 Å². The maximum Gasteiger partial charge on any atom is 0.242 e. The van der Waals surface area contributed by atoms with Gasteiger partial charge in [-0.15, -0.1) is 0 Å². The normalized spacial score (nSPS) is 29.2. The molecule has 0 aliphatic carbocycles. The lowest BCUT2D eigenvalue weighted by atomic mass is 10.2. The molecule has 72 valence electrons. The monoisotopic (exact) mass is 200 g/mol. The number of carbonyl (C=O) groups excluding carboxylic acids is 2. The van der Waals surface area contributed by atoms with Crippen LogP contribution in [-0.2, 0) is 9.59 Å². The zero-order valence-corrected chi connectivity index (χ0v) is 8.10. The van der Waals surface area contributed by atoms with Crippen LogP contribution in [0.25, 0.3) is 0 Å². The lowest BCUT2D eigenvalue weighted by Gasteiger charge is -2.31. The predicted molar refractivity (Wildman–Crippen MR) is 50.5 cm³/mol. The molecular weight excluding hydrogens is 188 g/mol. The van der Waals surface area contributed by atoms with Gasteiger partial charge in [-0.2, -0.15) is 11.8 Å². The molecule has 2 aliphatic heterocycles. The van der Waals surface area contributed by atoms with E-state index >= 15 is 0 Å². The minimum Gasteiger partial charge on any atom is -0.345 e. The third kappa shape index (κ3) is 1.80. The SMILES string of the molecule is O=C1CN(C2CCSC2)C(=O)CN1. The van der Waals surface area contributed by atoms with Gasteiger partial charge in [0.1, 0.15) is 0 Å².